The number of hydrogen-bond donors (Lipinski definition) is 1. The van der Waals surface area contributed by atoms with Crippen molar-refractivity contribution in [1.82, 2.24) is 9.80 Å². The van der Waals surface area contributed by atoms with Gasteiger partial charge in [-0.15, -0.1) is 0 Å². The zero-order chi connectivity index (χ0) is 12.8. The highest BCUT2D eigenvalue weighted by atomic mass is 16.5. The topological polar surface area (TPSA) is 70.1 Å². The molecule has 6 nitrogen and oxygen atoms in total. The Labute approximate surface area is 101 Å². The molecule has 0 aromatic rings. The number of rotatable bonds is 3. The van der Waals surface area contributed by atoms with Crippen LogP contribution in [0.2, 0.25) is 0 Å². The van der Waals surface area contributed by atoms with Crippen molar-refractivity contribution in [2.24, 2.45) is 0 Å². The lowest BCUT2D eigenvalue weighted by Crippen LogP contribution is -2.44. The molecule has 0 saturated carbocycles. The summed E-state index contributed by atoms with van der Waals surface area (Å²) < 4.78 is 5.45. The van der Waals surface area contributed by atoms with Crippen LogP contribution in [-0.2, 0) is 9.53 Å². The van der Waals surface area contributed by atoms with Gasteiger partial charge < -0.3 is 19.6 Å². The van der Waals surface area contributed by atoms with Gasteiger partial charge in [0.05, 0.1) is 12.5 Å². The maximum atomic E-state index is 12.0. The second-order valence-electron chi connectivity index (χ2n) is 4.33. The van der Waals surface area contributed by atoms with Crippen LogP contribution in [0, 0.1) is 0 Å². The van der Waals surface area contributed by atoms with Crippen molar-refractivity contribution in [3.63, 3.8) is 0 Å². The minimum atomic E-state index is -0.891. The standard InChI is InChI=1S/C11H20N2O4/c1-9-8-13(5-3-7-17-9)11(16)12(2)6-4-10(14)15/h9H,3-8H2,1-2H3,(H,14,15). The predicted molar refractivity (Wildman–Crippen MR) is 61.9 cm³/mol. The Balaban J connectivity index is 2.46. The molecule has 1 aliphatic rings. The third-order valence-corrected chi connectivity index (χ3v) is 2.71. The average Bonchev–Trinajstić information content (AvgIpc) is 2.49. The van der Waals surface area contributed by atoms with Crippen LogP contribution in [-0.4, -0.2) is 66.3 Å². The van der Waals surface area contributed by atoms with Crippen molar-refractivity contribution in [3.05, 3.63) is 0 Å². The normalized spacial score (nSPS) is 20.8. The Bertz CT molecular complexity index is 283. The van der Waals surface area contributed by atoms with Gasteiger partial charge in [-0.3, -0.25) is 4.79 Å². The number of aliphatic carboxylic acids is 1. The van der Waals surface area contributed by atoms with E-state index in [1.165, 1.54) is 4.90 Å². The molecule has 98 valence electrons. The largest absolute Gasteiger partial charge is 0.481 e. The van der Waals surface area contributed by atoms with Crippen LogP contribution in [0.1, 0.15) is 19.8 Å². The first-order valence-electron chi connectivity index (χ1n) is 5.84. The summed E-state index contributed by atoms with van der Waals surface area (Å²) in [6.45, 7) is 4.07. The van der Waals surface area contributed by atoms with E-state index in [2.05, 4.69) is 0 Å². The molecule has 1 N–H and O–H groups in total. The fourth-order valence-electron chi connectivity index (χ4n) is 1.77. The minimum absolute atomic E-state index is 0.0257. The molecule has 17 heavy (non-hydrogen) atoms. The van der Waals surface area contributed by atoms with E-state index >= 15 is 0 Å². The molecule has 0 spiro atoms. The van der Waals surface area contributed by atoms with E-state index in [-0.39, 0.29) is 25.1 Å². The second kappa shape index (κ2) is 6.44. The number of hydrogen-bond acceptors (Lipinski definition) is 3. The third-order valence-electron chi connectivity index (χ3n) is 2.71. The van der Waals surface area contributed by atoms with Crippen LogP contribution in [0.25, 0.3) is 0 Å². The van der Waals surface area contributed by atoms with Gasteiger partial charge in [-0.25, -0.2) is 4.79 Å². The predicted octanol–water partition coefficient (Wildman–Crippen LogP) is 0.624. The van der Waals surface area contributed by atoms with Crippen molar-refractivity contribution >= 4 is 12.0 Å². The number of carbonyl (C=O) groups excluding carboxylic acids is 1. The van der Waals surface area contributed by atoms with Gasteiger partial charge in [-0.2, -0.15) is 0 Å². The van der Waals surface area contributed by atoms with Gasteiger partial charge in [0.15, 0.2) is 0 Å². The highest BCUT2D eigenvalue weighted by Crippen LogP contribution is 2.08. The fourth-order valence-corrected chi connectivity index (χ4v) is 1.77. The van der Waals surface area contributed by atoms with Gasteiger partial charge >= 0.3 is 12.0 Å². The van der Waals surface area contributed by atoms with E-state index in [0.29, 0.717) is 19.7 Å². The Hall–Kier alpha value is -1.30. The summed E-state index contributed by atoms with van der Waals surface area (Å²) in [5.41, 5.74) is 0. The number of carbonyl (C=O) groups is 2. The Morgan fingerprint density at radius 2 is 2.24 bits per heavy atom. The van der Waals surface area contributed by atoms with E-state index in [0.717, 1.165) is 6.42 Å². The van der Waals surface area contributed by atoms with Crippen LogP contribution in [0.15, 0.2) is 0 Å². The van der Waals surface area contributed by atoms with Crippen LogP contribution in [0.3, 0.4) is 0 Å². The van der Waals surface area contributed by atoms with Gasteiger partial charge in [0.2, 0.25) is 0 Å². The summed E-state index contributed by atoms with van der Waals surface area (Å²) in [7, 11) is 1.63. The smallest absolute Gasteiger partial charge is 0.319 e. The van der Waals surface area contributed by atoms with E-state index in [1.54, 1.807) is 11.9 Å². The average molecular weight is 244 g/mol. The first-order chi connectivity index (χ1) is 8.00. The molecule has 6 heteroatoms. The highest BCUT2D eigenvalue weighted by molar-refractivity contribution is 5.75. The molecule has 0 radical (unpaired) electrons. The monoisotopic (exact) mass is 244 g/mol. The van der Waals surface area contributed by atoms with E-state index in [1.807, 2.05) is 6.92 Å². The molecule has 2 amide bonds. The Kier molecular flexibility index (Phi) is 5.21. The summed E-state index contributed by atoms with van der Waals surface area (Å²) in [6, 6.07) is -0.122. The molecule has 0 aromatic heterocycles. The number of ether oxygens (including phenoxy) is 1. The number of nitrogens with zero attached hydrogens (tertiary/aromatic N) is 2. The summed E-state index contributed by atoms with van der Waals surface area (Å²) >= 11 is 0. The molecular weight excluding hydrogens is 224 g/mol. The van der Waals surface area contributed by atoms with Gasteiger partial charge in [0, 0.05) is 33.3 Å². The van der Waals surface area contributed by atoms with Gasteiger partial charge in [0.25, 0.3) is 0 Å². The Morgan fingerprint density at radius 3 is 2.88 bits per heavy atom. The highest BCUT2D eigenvalue weighted by Gasteiger charge is 2.22. The lowest BCUT2D eigenvalue weighted by Gasteiger charge is -2.27. The lowest BCUT2D eigenvalue weighted by atomic mass is 10.3. The quantitative estimate of drug-likeness (QED) is 0.790. The van der Waals surface area contributed by atoms with Gasteiger partial charge in [-0.1, -0.05) is 0 Å². The van der Waals surface area contributed by atoms with Crippen LogP contribution < -0.4 is 0 Å². The number of carboxylic acids is 1. The molecule has 1 fully saturated rings. The summed E-state index contributed by atoms with van der Waals surface area (Å²) in [4.78, 5) is 25.6. The van der Waals surface area contributed by atoms with Crippen molar-refractivity contribution in [1.29, 1.82) is 0 Å². The second-order valence-corrected chi connectivity index (χ2v) is 4.33. The maximum absolute atomic E-state index is 12.0. The third kappa shape index (κ3) is 4.60. The molecule has 1 heterocycles. The Morgan fingerprint density at radius 1 is 1.53 bits per heavy atom. The molecular formula is C11H20N2O4. The van der Waals surface area contributed by atoms with Crippen molar-refractivity contribution in [2.45, 2.75) is 25.9 Å². The molecule has 0 aromatic carbocycles. The molecule has 1 rings (SSSR count). The molecule has 0 aliphatic carbocycles. The molecule has 1 aliphatic heterocycles. The van der Waals surface area contributed by atoms with Crippen LogP contribution in [0.4, 0.5) is 4.79 Å². The zero-order valence-electron chi connectivity index (χ0n) is 10.4. The number of amides is 2. The van der Waals surface area contributed by atoms with Gasteiger partial charge in [0.1, 0.15) is 0 Å². The van der Waals surface area contributed by atoms with E-state index < -0.39 is 5.97 Å². The SMILES string of the molecule is CC1CN(C(=O)N(C)CCC(=O)O)CCCO1. The van der Waals surface area contributed by atoms with E-state index in [9.17, 15) is 9.59 Å². The zero-order valence-corrected chi connectivity index (χ0v) is 10.4. The number of urea groups is 1. The van der Waals surface area contributed by atoms with Crippen molar-refractivity contribution in [2.75, 3.05) is 33.3 Å². The van der Waals surface area contributed by atoms with Gasteiger partial charge in [-0.05, 0) is 13.3 Å². The summed E-state index contributed by atoms with van der Waals surface area (Å²) in [5, 5.41) is 8.57. The molecule has 1 atom stereocenters. The molecule has 1 saturated heterocycles. The van der Waals surface area contributed by atoms with Crippen molar-refractivity contribution < 1.29 is 19.4 Å². The minimum Gasteiger partial charge on any atom is -0.481 e. The molecule has 0 bridgehead atoms. The summed E-state index contributed by atoms with van der Waals surface area (Å²) in [6.07, 6.45) is 0.833. The van der Waals surface area contributed by atoms with Crippen LogP contribution >= 0.6 is 0 Å². The first-order valence-corrected chi connectivity index (χ1v) is 5.84. The lowest BCUT2D eigenvalue weighted by molar-refractivity contribution is -0.137. The fraction of sp³-hybridized carbons (Fsp3) is 0.818. The molecule has 1 unspecified atom stereocenters. The van der Waals surface area contributed by atoms with Crippen LogP contribution in [0.5, 0.6) is 0 Å². The maximum Gasteiger partial charge on any atom is 0.319 e. The number of carboxylic acid groups (broad SMARTS) is 1. The summed E-state index contributed by atoms with van der Waals surface area (Å²) in [5.74, 6) is -0.891. The van der Waals surface area contributed by atoms with E-state index in [4.69, 9.17) is 9.84 Å². The van der Waals surface area contributed by atoms with Crippen molar-refractivity contribution in [3.8, 4) is 0 Å². The first kappa shape index (κ1) is 13.8.